The van der Waals surface area contributed by atoms with E-state index in [1.54, 1.807) is 0 Å². The number of pyridine rings is 1. The second-order valence-corrected chi connectivity index (χ2v) is 6.49. The first-order valence-corrected chi connectivity index (χ1v) is 9.01. The highest BCUT2D eigenvalue weighted by atomic mass is 16.5. The zero-order valence-corrected chi connectivity index (χ0v) is 15.2. The number of fused-ring (bicyclic) bond motifs is 1. The molecule has 1 aliphatic rings. The van der Waals surface area contributed by atoms with Crippen LogP contribution in [0, 0.1) is 6.92 Å². The molecule has 1 aliphatic heterocycles. The van der Waals surface area contributed by atoms with Crippen molar-refractivity contribution in [3.63, 3.8) is 0 Å². The second-order valence-electron chi connectivity index (χ2n) is 6.49. The summed E-state index contributed by atoms with van der Waals surface area (Å²) in [6, 6.07) is 20.6. The number of hydrogen-bond donors (Lipinski definition) is 0. The fourth-order valence-corrected chi connectivity index (χ4v) is 3.36. The minimum atomic E-state index is 0.580. The van der Waals surface area contributed by atoms with E-state index in [-0.39, 0.29) is 0 Å². The smallest absolute Gasteiger partial charge is 0.158 e. The molecule has 0 fully saturated rings. The van der Waals surface area contributed by atoms with Crippen molar-refractivity contribution in [1.29, 1.82) is 0 Å². The zero-order chi connectivity index (χ0) is 17.9. The van der Waals surface area contributed by atoms with E-state index < -0.39 is 0 Å². The molecule has 0 saturated carbocycles. The Morgan fingerprint density at radius 1 is 1.00 bits per heavy atom. The van der Waals surface area contributed by atoms with Gasteiger partial charge in [0, 0.05) is 18.4 Å². The van der Waals surface area contributed by atoms with E-state index in [0.717, 1.165) is 30.5 Å². The average Bonchev–Trinajstić information content (AvgIpc) is 3.08. The van der Waals surface area contributed by atoms with E-state index in [1.807, 2.05) is 36.5 Å². The van der Waals surface area contributed by atoms with E-state index in [1.165, 1.54) is 16.8 Å². The molecule has 0 aliphatic carbocycles. The lowest BCUT2D eigenvalue weighted by Gasteiger charge is -2.20. The number of ether oxygens (including phenoxy) is 1. The summed E-state index contributed by atoms with van der Waals surface area (Å²) in [5, 5.41) is 0. The van der Waals surface area contributed by atoms with Gasteiger partial charge >= 0.3 is 0 Å². The van der Waals surface area contributed by atoms with Crippen LogP contribution < -0.4 is 14.5 Å². The van der Waals surface area contributed by atoms with E-state index in [4.69, 9.17) is 4.74 Å². The lowest BCUT2D eigenvalue weighted by molar-refractivity contribution is 0.306. The molecular weight excluding hydrogens is 322 g/mol. The lowest BCUT2D eigenvalue weighted by atomic mass is 10.2. The van der Waals surface area contributed by atoms with Gasteiger partial charge in [-0.15, -0.1) is 0 Å². The first-order chi connectivity index (χ1) is 12.8. The van der Waals surface area contributed by atoms with Gasteiger partial charge in [0.2, 0.25) is 0 Å². The first-order valence-electron chi connectivity index (χ1n) is 9.01. The Hall–Kier alpha value is -3.01. The molecule has 0 saturated heterocycles. The van der Waals surface area contributed by atoms with Crippen LogP contribution in [0.2, 0.25) is 0 Å². The second kappa shape index (κ2) is 7.08. The number of hydrogen-bond acceptors (Lipinski definition) is 4. The van der Waals surface area contributed by atoms with Gasteiger partial charge in [0.05, 0.1) is 12.4 Å². The van der Waals surface area contributed by atoms with E-state index in [0.29, 0.717) is 6.61 Å². The highest BCUT2D eigenvalue weighted by Crippen LogP contribution is 2.40. The Morgan fingerprint density at radius 2 is 1.77 bits per heavy atom. The number of aryl methyl sites for hydroxylation is 1. The molecule has 1 aromatic heterocycles. The Balaban J connectivity index is 1.52. The van der Waals surface area contributed by atoms with Crippen molar-refractivity contribution in [1.82, 2.24) is 4.98 Å². The van der Waals surface area contributed by atoms with Gasteiger partial charge in [-0.05, 0) is 55.3 Å². The molecule has 4 rings (SSSR count). The zero-order valence-electron chi connectivity index (χ0n) is 15.2. The summed E-state index contributed by atoms with van der Waals surface area (Å²) in [6.45, 7) is 6.70. The first kappa shape index (κ1) is 16.5. The van der Waals surface area contributed by atoms with E-state index in [9.17, 15) is 0 Å². The summed E-state index contributed by atoms with van der Waals surface area (Å²) in [6.07, 6.45) is 1.89. The third-order valence-corrected chi connectivity index (χ3v) is 4.77. The largest absolute Gasteiger partial charge is 0.489 e. The molecule has 0 spiro atoms. The van der Waals surface area contributed by atoms with E-state index in [2.05, 4.69) is 59.0 Å². The monoisotopic (exact) mass is 345 g/mol. The molecule has 132 valence electrons. The summed E-state index contributed by atoms with van der Waals surface area (Å²) >= 11 is 0. The molecule has 4 nitrogen and oxygen atoms in total. The van der Waals surface area contributed by atoms with Gasteiger partial charge < -0.3 is 14.5 Å². The quantitative estimate of drug-likeness (QED) is 0.657. The van der Waals surface area contributed by atoms with Crippen molar-refractivity contribution in [2.24, 2.45) is 0 Å². The summed E-state index contributed by atoms with van der Waals surface area (Å²) in [5.41, 5.74) is 4.80. The number of benzene rings is 2. The Morgan fingerprint density at radius 3 is 2.50 bits per heavy atom. The average molecular weight is 345 g/mol. The van der Waals surface area contributed by atoms with Crippen molar-refractivity contribution < 1.29 is 4.74 Å². The molecule has 0 N–H and O–H groups in total. The van der Waals surface area contributed by atoms with Crippen LogP contribution in [-0.2, 0) is 6.61 Å². The number of nitrogens with zero attached hydrogens (tertiary/aromatic N) is 3. The highest BCUT2D eigenvalue weighted by Gasteiger charge is 2.28. The normalized spacial score (nSPS) is 13.0. The SMILES string of the molecule is CCN1CN(c2ccc(OCc3ccccc3)cc2)c2nccc(C)c21. The fourth-order valence-electron chi connectivity index (χ4n) is 3.36. The van der Waals surface area contributed by atoms with Crippen molar-refractivity contribution in [2.75, 3.05) is 23.0 Å². The van der Waals surface area contributed by atoms with Gasteiger partial charge in [-0.2, -0.15) is 0 Å². The molecule has 0 bridgehead atoms. The Kier molecular flexibility index (Phi) is 4.48. The molecular formula is C22H23N3O. The highest BCUT2D eigenvalue weighted by molar-refractivity contribution is 5.81. The maximum absolute atomic E-state index is 5.90. The van der Waals surface area contributed by atoms with Crippen LogP contribution in [0.1, 0.15) is 18.1 Å². The van der Waals surface area contributed by atoms with Crippen molar-refractivity contribution in [3.05, 3.63) is 78.0 Å². The number of anilines is 3. The minimum Gasteiger partial charge on any atom is -0.489 e. The van der Waals surface area contributed by atoms with Crippen molar-refractivity contribution in [3.8, 4) is 5.75 Å². The molecule has 0 radical (unpaired) electrons. The topological polar surface area (TPSA) is 28.6 Å². The van der Waals surface area contributed by atoms with Gasteiger partial charge in [-0.25, -0.2) is 4.98 Å². The molecule has 0 amide bonds. The predicted molar refractivity (Wildman–Crippen MR) is 106 cm³/mol. The van der Waals surface area contributed by atoms with Crippen LogP contribution in [-0.4, -0.2) is 18.2 Å². The third kappa shape index (κ3) is 3.10. The van der Waals surface area contributed by atoms with Crippen LogP contribution in [0.3, 0.4) is 0 Å². The predicted octanol–water partition coefficient (Wildman–Crippen LogP) is 4.90. The number of rotatable bonds is 5. The minimum absolute atomic E-state index is 0.580. The van der Waals surface area contributed by atoms with Gasteiger partial charge in [-0.3, -0.25) is 0 Å². The maximum atomic E-state index is 5.90. The standard InChI is InChI=1S/C22H23N3O/c1-3-24-16-25(22-21(24)17(2)13-14-23-22)19-9-11-20(12-10-19)26-15-18-7-5-4-6-8-18/h4-14H,3,15-16H2,1-2H3. The molecule has 4 heteroatoms. The molecule has 2 heterocycles. The van der Waals surface area contributed by atoms with Crippen molar-refractivity contribution >= 4 is 17.2 Å². The fraction of sp³-hybridized carbons (Fsp3) is 0.227. The molecule has 2 aromatic carbocycles. The summed E-state index contributed by atoms with van der Waals surface area (Å²) in [4.78, 5) is 9.24. The molecule has 0 atom stereocenters. The van der Waals surface area contributed by atoms with Crippen LogP contribution in [0.5, 0.6) is 5.75 Å². The van der Waals surface area contributed by atoms with Gasteiger partial charge in [0.15, 0.2) is 5.82 Å². The van der Waals surface area contributed by atoms with Crippen LogP contribution in [0.4, 0.5) is 17.2 Å². The Bertz CT molecular complexity index is 878. The number of aromatic nitrogens is 1. The van der Waals surface area contributed by atoms with Crippen LogP contribution in [0.15, 0.2) is 66.9 Å². The van der Waals surface area contributed by atoms with E-state index >= 15 is 0 Å². The Labute approximate surface area is 154 Å². The molecule has 26 heavy (non-hydrogen) atoms. The summed E-state index contributed by atoms with van der Waals surface area (Å²) < 4.78 is 5.90. The van der Waals surface area contributed by atoms with Gasteiger partial charge in [-0.1, -0.05) is 30.3 Å². The van der Waals surface area contributed by atoms with Gasteiger partial charge in [0.1, 0.15) is 12.4 Å². The summed E-state index contributed by atoms with van der Waals surface area (Å²) in [5.74, 6) is 1.91. The van der Waals surface area contributed by atoms with Crippen molar-refractivity contribution in [2.45, 2.75) is 20.5 Å². The van der Waals surface area contributed by atoms with Crippen LogP contribution >= 0.6 is 0 Å². The third-order valence-electron chi connectivity index (χ3n) is 4.77. The maximum Gasteiger partial charge on any atom is 0.158 e. The molecule has 3 aromatic rings. The van der Waals surface area contributed by atoms with Crippen LogP contribution in [0.25, 0.3) is 0 Å². The van der Waals surface area contributed by atoms with Gasteiger partial charge in [0.25, 0.3) is 0 Å². The molecule has 0 unspecified atom stereocenters. The summed E-state index contributed by atoms with van der Waals surface area (Å²) in [7, 11) is 0. The lowest BCUT2D eigenvalue weighted by Crippen LogP contribution is -2.27.